The summed E-state index contributed by atoms with van der Waals surface area (Å²) in [7, 11) is 0. The van der Waals surface area contributed by atoms with E-state index in [1.807, 2.05) is 54.6 Å². The molecule has 0 aliphatic carbocycles. The van der Waals surface area contributed by atoms with Gasteiger partial charge in [-0.1, -0.05) is 63.2 Å². The Morgan fingerprint density at radius 2 is 1.75 bits per heavy atom. The number of hydrogen-bond donors (Lipinski definition) is 1. The second-order valence-corrected chi connectivity index (χ2v) is 8.85. The summed E-state index contributed by atoms with van der Waals surface area (Å²) < 4.78 is 3.22. The Labute approximate surface area is 186 Å². The molecule has 4 aromatic rings. The van der Waals surface area contributed by atoms with Crippen LogP contribution in [0, 0.1) is 0 Å². The predicted octanol–water partition coefficient (Wildman–Crippen LogP) is 3.37. The highest BCUT2D eigenvalue weighted by molar-refractivity contribution is 5.94. The van der Waals surface area contributed by atoms with E-state index in [-0.39, 0.29) is 16.9 Å². The molecule has 32 heavy (non-hydrogen) atoms. The number of amides is 1. The summed E-state index contributed by atoms with van der Waals surface area (Å²) in [4.78, 5) is 29.7. The second kappa shape index (κ2) is 8.78. The van der Waals surface area contributed by atoms with Gasteiger partial charge in [0.25, 0.3) is 11.5 Å². The zero-order chi connectivity index (χ0) is 22.7. The number of rotatable bonds is 6. The normalized spacial score (nSPS) is 11.6. The average Bonchev–Trinajstić information content (AvgIpc) is 3.19. The summed E-state index contributed by atoms with van der Waals surface area (Å²) in [6.07, 6.45) is 3.09. The molecule has 7 heteroatoms. The van der Waals surface area contributed by atoms with Crippen LogP contribution < -0.4 is 10.9 Å². The molecule has 2 aromatic carbocycles. The maximum absolute atomic E-state index is 12.8. The molecule has 0 saturated heterocycles. The summed E-state index contributed by atoms with van der Waals surface area (Å²) in [5, 5.41) is 7.68. The van der Waals surface area contributed by atoms with Crippen molar-refractivity contribution in [2.75, 3.05) is 6.54 Å². The monoisotopic (exact) mass is 429 g/mol. The van der Waals surface area contributed by atoms with Crippen molar-refractivity contribution >= 4 is 16.9 Å². The lowest BCUT2D eigenvalue weighted by molar-refractivity contribution is 0.0952. The number of carbonyl (C=O) groups is 1. The smallest absolute Gasteiger partial charge is 0.264 e. The Bertz CT molecular complexity index is 1280. The Morgan fingerprint density at radius 3 is 2.44 bits per heavy atom. The van der Waals surface area contributed by atoms with Crippen molar-refractivity contribution < 1.29 is 4.79 Å². The number of carbonyl (C=O) groups excluding carboxylic acids is 1. The maximum Gasteiger partial charge on any atom is 0.264 e. The van der Waals surface area contributed by atoms with Crippen molar-refractivity contribution in [3.8, 4) is 0 Å². The first-order valence-electron chi connectivity index (χ1n) is 10.7. The summed E-state index contributed by atoms with van der Waals surface area (Å²) in [5.74, 6) is -0.139. The van der Waals surface area contributed by atoms with Crippen molar-refractivity contribution in [2.45, 2.75) is 39.3 Å². The van der Waals surface area contributed by atoms with Gasteiger partial charge in [0.05, 0.1) is 19.3 Å². The van der Waals surface area contributed by atoms with Crippen LogP contribution in [-0.4, -0.2) is 31.8 Å². The molecule has 0 spiro atoms. The van der Waals surface area contributed by atoms with Crippen LogP contribution in [0.15, 0.2) is 71.9 Å². The minimum absolute atomic E-state index is 0.0445. The summed E-state index contributed by atoms with van der Waals surface area (Å²) >= 11 is 0. The molecule has 164 valence electrons. The highest BCUT2D eigenvalue weighted by atomic mass is 16.1. The van der Waals surface area contributed by atoms with E-state index in [0.717, 1.165) is 5.56 Å². The minimum Gasteiger partial charge on any atom is -0.350 e. The Kier molecular flexibility index (Phi) is 5.90. The maximum atomic E-state index is 12.8. The minimum atomic E-state index is -0.139. The molecule has 4 rings (SSSR count). The fraction of sp³-hybridized carbons (Fsp3) is 0.280. The van der Waals surface area contributed by atoms with Crippen LogP contribution >= 0.6 is 0 Å². The lowest BCUT2D eigenvalue weighted by Gasteiger charge is -2.19. The van der Waals surface area contributed by atoms with Crippen LogP contribution in [-0.2, 0) is 18.5 Å². The highest BCUT2D eigenvalue weighted by Gasteiger charge is 2.15. The van der Waals surface area contributed by atoms with Crippen LogP contribution in [0.25, 0.3) is 11.0 Å². The third-order valence-corrected chi connectivity index (χ3v) is 5.44. The van der Waals surface area contributed by atoms with E-state index in [4.69, 9.17) is 0 Å². The van der Waals surface area contributed by atoms with Gasteiger partial charge in [-0.3, -0.25) is 14.2 Å². The molecule has 0 radical (unpaired) electrons. The molecular formula is C25H27N5O2. The van der Waals surface area contributed by atoms with Gasteiger partial charge >= 0.3 is 0 Å². The van der Waals surface area contributed by atoms with Gasteiger partial charge in [-0.2, -0.15) is 5.10 Å². The van der Waals surface area contributed by atoms with Gasteiger partial charge in [0, 0.05) is 12.1 Å². The fourth-order valence-corrected chi connectivity index (χ4v) is 3.55. The van der Waals surface area contributed by atoms with Gasteiger partial charge in [-0.25, -0.2) is 9.67 Å². The Balaban J connectivity index is 1.41. The molecule has 1 N–H and O–H groups in total. The van der Waals surface area contributed by atoms with E-state index in [1.165, 1.54) is 5.56 Å². The number of nitrogens with one attached hydrogen (secondary N) is 1. The Hall–Kier alpha value is -3.74. The third kappa shape index (κ3) is 4.61. The molecule has 7 nitrogen and oxygen atoms in total. The van der Waals surface area contributed by atoms with E-state index in [2.05, 4.69) is 36.2 Å². The van der Waals surface area contributed by atoms with Gasteiger partial charge in [0.2, 0.25) is 0 Å². The molecule has 2 aromatic heterocycles. The predicted molar refractivity (Wildman–Crippen MR) is 125 cm³/mol. The van der Waals surface area contributed by atoms with E-state index < -0.39 is 0 Å². The number of nitrogens with zero attached hydrogens (tertiary/aromatic N) is 4. The largest absolute Gasteiger partial charge is 0.350 e. The van der Waals surface area contributed by atoms with E-state index in [0.29, 0.717) is 36.2 Å². The van der Waals surface area contributed by atoms with E-state index >= 15 is 0 Å². The molecule has 0 saturated carbocycles. The van der Waals surface area contributed by atoms with Crippen molar-refractivity contribution in [1.82, 2.24) is 24.6 Å². The Morgan fingerprint density at radius 1 is 1.03 bits per heavy atom. The molecule has 0 aliphatic heterocycles. The first kappa shape index (κ1) is 21.5. The standard InChI is InChI=1S/C25H27N5O2/c1-25(2,3)20-11-9-19(10-12-20)23(31)26-13-14-30-22-21(15-28-30)24(32)29(17-27-22)16-18-7-5-4-6-8-18/h4-12,15,17H,13-14,16H2,1-3H3,(H,26,31). The fourth-order valence-electron chi connectivity index (χ4n) is 3.55. The van der Waals surface area contributed by atoms with Gasteiger partial charge < -0.3 is 5.32 Å². The zero-order valence-corrected chi connectivity index (χ0v) is 18.6. The van der Waals surface area contributed by atoms with Gasteiger partial charge in [-0.05, 0) is 28.7 Å². The first-order chi connectivity index (χ1) is 15.3. The summed E-state index contributed by atoms with van der Waals surface area (Å²) in [6, 6.07) is 17.4. The van der Waals surface area contributed by atoms with Crippen molar-refractivity contribution in [3.05, 3.63) is 94.2 Å². The quantitative estimate of drug-likeness (QED) is 0.510. The van der Waals surface area contributed by atoms with Gasteiger partial charge in [0.1, 0.15) is 11.7 Å². The number of hydrogen-bond acceptors (Lipinski definition) is 4. The number of aromatic nitrogens is 4. The molecule has 0 unspecified atom stereocenters. The highest BCUT2D eigenvalue weighted by Crippen LogP contribution is 2.22. The SMILES string of the molecule is CC(C)(C)c1ccc(C(=O)NCCn2ncc3c(=O)n(Cc4ccccc4)cnc32)cc1. The number of benzene rings is 2. The molecule has 0 fully saturated rings. The topological polar surface area (TPSA) is 81.8 Å². The molecule has 1 amide bonds. The molecule has 0 aliphatic rings. The van der Waals surface area contributed by atoms with Crippen LogP contribution in [0.3, 0.4) is 0 Å². The molecule has 0 atom stereocenters. The molecule has 2 heterocycles. The summed E-state index contributed by atoms with van der Waals surface area (Å²) in [6.45, 7) is 7.68. The van der Waals surface area contributed by atoms with E-state index in [1.54, 1.807) is 21.8 Å². The lowest BCUT2D eigenvalue weighted by Crippen LogP contribution is -2.28. The van der Waals surface area contributed by atoms with Crippen molar-refractivity contribution in [1.29, 1.82) is 0 Å². The average molecular weight is 430 g/mol. The van der Waals surface area contributed by atoms with Crippen LogP contribution in [0.4, 0.5) is 0 Å². The lowest BCUT2D eigenvalue weighted by atomic mass is 9.87. The second-order valence-electron chi connectivity index (χ2n) is 8.85. The van der Waals surface area contributed by atoms with Crippen LogP contribution in [0.1, 0.15) is 42.3 Å². The molecule has 0 bridgehead atoms. The number of fused-ring (bicyclic) bond motifs is 1. The van der Waals surface area contributed by atoms with Crippen molar-refractivity contribution in [3.63, 3.8) is 0 Å². The van der Waals surface area contributed by atoms with E-state index in [9.17, 15) is 9.59 Å². The van der Waals surface area contributed by atoms with Gasteiger partial charge in [-0.15, -0.1) is 0 Å². The summed E-state index contributed by atoms with van der Waals surface area (Å²) in [5.41, 5.74) is 3.26. The van der Waals surface area contributed by atoms with Gasteiger partial charge in [0.15, 0.2) is 5.65 Å². The van der Waals surface area contributed by atoms with Crippen molar-refractivity contribution in [2.24, 2.45) is 0 Å². The first-order valence-corrected chi connectivity index (χ1v) is 10.7. The zero-order valence-electron chi connectivity index (χ0n) is 18.6. The van der Waals surface area contributed by atoms with Crippen LogP contribution in [0.5, 0.6) is 0 Å². The molecular weight excluding hydrogens is 402 g/mol. The third-order valence-electron chi connectivity index (χ3n) is 5.44. The van der Waals surface area contributed by atoms with Crippen LogP contribution in [0.2, 0.25) is 0 Å².